The molecule has 4 aliphatic carbocycles. The minimum atomic E-state index is -0.804. The van der Waals surface area contributed by atoms with Crippen LogP contribution in [0.25, 0.3) is 0 Å². The van der Waals surface area contributed by atoms with Crippen LogP contribution in [0.4, 0.5) is 0 Å². The van der Waals surface area contributed by atoms with Crippen LogP contribution >= 0.6 is 0 Å². The highest BCUT2D eigenvalue weighted by Crippen LogP contribution is 2.57. The van der Waals surface area contributed by atoms with E-state index in [9.17, 15) is 9.59 Å². The smallest absolute Gasteiger partial charge is 0.347 e. The van der Waals surface area contributed by atoms with Gasteiger partial charge in [-0.2, -0.15) is 5.26 Å². The molecule has 0 spiro atoms. The minimum absolute atomic E-state index is 0.154. The van der Waals surface area contributed by atoms with Gasteiger partial charge in [0.05, 0.1) is 12.5 Å². The predicted molar refractivity (Wildman–Crippen MR) is 115 cm³/mol. The lowest BCUT2D eigenvalue weighted by Gasteiger charge is -2.60. The van der Waals surface area contributed by atoms with Gasteiger partial charge in [0.2, 0.25) is 0 Å². The van der Waals surface area contributed by atoms with Gasteiger partial charge in [-0.25, -0.2) is 4.79 Å². The molecule has 0 aromatic heterocycles. The molecule has 31 heavy (non-hydrogen) atoms. The zero-order chi connectivity index (χ0) is 22.0. The summed E-state index contributed by atoms with van der Waals surface area (Å²) in [6.45, 7) is 3.69. The molecule has 4 bridgehead atoms. The number of carbonyl (C=O) groups is 2. The molecular weight excluding hydrogens is 392 g/mol. The average molecular weight is 425 g/mol. The van der Waals surface area contributed by atoms with E-state index in [1.807, 2.05) is 30.0 Å². The summed E-state index contributed by atoms with van der Waals surface area (Å²) in [7, 11) is 0. The zero-order valence-electron chi connectivity index (χ0n) is 18.5. The Morgan fingerprint density at radius 3 is 2.42 bits per heavy atom. The van der Waals surface area contributed by atoms with Crippen molar-refractivity contribution in [3.63, 3.8) is 0 Å². The first-order valence-electron chi connectivity index (χ1n) is 11.5. The van der Waals surface area contributed by atoms with E-state index in [0.717, 1.165) is 24.8 Å². The number of benzene rings is 1. The number of ether oxygens (including phenoxy) is 2. The summed E-state index contributed by atoms with van der Waals surface area (Å²) in [5.41, 5.74) is 0.885. The zero-order valence-corrected chi connectivity index (χ0v) is 18.5. The molecule has 6 heteroatoms. The number of carbonyl (C=O) groups excluding carboxylic acids is 2. The van der Waals surface area contributed by atoms with Crippen molar-refractivity contribution >= 4 is 11.9 Å². The molecule has 0 N–H and O–H groups in total. The molecule has 166 valence electrons. The van der Waals surface area contributed by atoms with Crippen LogP contribution in [0.1, 0.15) is 57.4 Å². The van der Waals surface area contributed by atoms with E-state index < -0.39 is 12.1 Å². The van der Waals surface area contributed by atoms with Crippen LogP contribution < -0.4 is 4.74 Å². The highest BCUT2D eigenvalue weighted by atomic mass is 16.6. The van der Waals surface area contributed by atoms with Gasteiger partial charge in [-0.15, -0.1) is 0 Å². The van der Waals surface area contributed by atoms with Gasteiger partial charge in [0.15, 0.2) is 12.7 Å². The fourth-order valence-electron chi connectivity index (χ4n) is 6.45. The maximum atomic E-state index is 13.2. The number of hydrogen-bond donors (Lipinski definition) is 0. The van der Waals surface area contributed by atoms with Gasteiger partial charge in [0.1, 0.15) is 5.75 Å². The van der Waals surface area contributed by atoms with Crippen LogP contribution in [0.3, 0.4) is 0 Å². The van der Waals surface area contributed by atoms with Crippen molar-refractivity contribution in [3.8, 4) is 11.8 Å². The third-order valence-corrected chi connectivity index (χ3v) is 7.30. The Morgan fingerprint density at radius 2 is 1.84 bits per heavy atom. The Labute approximate surface area is 184 Å². The molecule has 0 saturated heterocycles. The lowest BCUT2D eigenvalue weighted by Crippen LogP contribution is -2.62. The van der Waals surface area contributed by atoms with Gasteiger partial charge in [0, 0.05) is 12.1 Å². The first-order valence-corrected chi connectivity index (χ1v) is 11.5. The molecule has 0 radical (unpaired) electrons. The summed E-state index contributed by atoms with van der Waals surface area (Å²) in [5.74, 6) is 1.92. The molecule has 1 aromatic rings. The molecule has 0 aliphatic heterocycles. The Morgan fingerprint density at radius 1 is 1.19 bits per heavy atom. The largest absolute Gasteiger partial charge is 0.479 e. The van der Waals surface area contributed by atoms with E-state index in [1.165, 1.54) is 19.3 Å². The Kier molecular flexibility index (Phi) is 6.22. The Hall–Kier alpha value is -2.55. The lowest BCUT2D eigenvalue weighted by atomic mass is 9.52. The monoisotopic (exact) mass is 424 g/mol. The molecule has 1 aromatic carbocycles. The van der Waals surface area contributed by atoms with Crippen LogP contribution in [-0.4, -0.2) is 41.6 Å². The molecule has 4 saturated carbocycles. The lowest BCUT2D eigenvalue weighted by molar-refractivity contribution is -0.165. The van der Waals surface area contributed by atoms with E-state index in [4.69, 9.17) is 14.7 Å². The maximum Gasteiger partial charge on any atom is 0.347 e. The molecule has 6 nitrogen and oxygen atoms in total. The third kappa shape index (κ3) is 4.71. The number of amides is 1. The van der Waals surface area contributed by atoms with Crippen molar-refractivity contribution in [2.75, 3.05) is 13.2 Å². The number of aryl methyl sites for hydroxylation is 1. The van der Waals surface area contributed by atoms with Gasteiger partial charge in [-0.3, -0.25) is 4.79 Å². The second-order valence-electron chi connectivity index (χ2n) is 9.78. The fraction of sp³-hybridized carbons (Fsp3) is 0.640. The van der Waals surface area contributed by atoms with Crippen molar-refractivity contribution in [1.29, 1.82) is 5.26 Å². The minimum Gasteiger partial charge on any atom is -0.479 e. The SMILES string of the molecule is Cc1cccc(O[C@H](C)C(=O)OCC(=O)N(CCC#N)C23CC4CC(CC(C4)C2)C3)c1. The molecule has 0 unspecified atom stereocenters. The number of hydrogen-bond acceptors (Lipinski definition) is 5. The van der Waals surface area contributed by atoms with Crippen LogP contribution in [0.2, 0.25) is 0 Å². The molecule has 1 atom stereocenters. The van der Waals surface area contributed by atoms with Crippen molar-refractivity contribution in [1.82, 2.24) is 4.90 Å². The highest BCUT2D eigenvalue weighted by Gasteiger charge is 2.54. The number of nitriles is 1. The van der Waals surface area contributed by atoms with E-state index in [0.29, 0.717) is 36.5 Å². The average Bonchev–Trinajstić information content (AvgIpc) is 2.71. The summed E-state index contributed by atoms with van der Waals surface area (Å²) < 4.78 is 11.0. The number of rotatable bonds is 8. The maximum absolute atomic E-state index is 13.2. The van der Waals surface area contributed by atoms with Crippen LogP contribution in [0, 0.1) is 36.0 Å². The summed E-state index contributed by atoms with van der Waals surface area (Å²) in [4.78, 5) is 27.5. The predicted octanol–water partition coefficient (Wildman–Crippen LogP) is 4.02. The van der Waals surface area contributed by atoms with Crippen molar-refractivity contribution in [2.45, 2.75) is 70.4 Å². The standard InChI is InChI=1S/C25H32N2O4/c1-17-5-3-6-22(9-17)31-18(2)24(29)30-16-23(28)27(8-4-7-26)25-13-19-10-20(14-25)12-21(11-19)15-25/h3,5-6,9,18-21H,4,8,10-16H2,1-2H3/t18-,19?,20?,21?,25?/m1/s1. The summed E-state index contributed by atoms with van der Waals surface area (Å²) in [6.07, 6.45) is 6.41. The Bertz CT molecular complexity index is 839. The van der Waals surface area contributed by atoms with Gasteiger partial charge >= 0.3 is 5.97 Å². The summed E-state index contributed by atoms with van der Waals surface area (Å²) >= 11 is 0. The molecule has 5 rings (SSSR count). The first kappa shape index (κ1) is 21.7. The topological polar surface area (TPSA) is 79.6 Å². The molecule has 1 amide bonds. The van der Waals surface area contributed by atoms with Crippen LogP contribution in [0.5, 0.6) is 5.75 Å². The fourth-order valence-corrected chi connectivity index (χ4v) is 6.45. The summed E-state index contributed by atoms with van der Waals surface area (Å²) in [6, 6.07) is 9.64. The second kappa shape index (κ2) is 8.90. The van der Waals surface area contributed by atoms with E-state index in [1.54, 1.807) is 13.0 Å². The van der Waals surface area contributed by atoms with Crippen LogP contribution in [0.15, 0.2) is 24.3 Å². The van der Waals surface area contributed by atoms with E-state index in [2.05, 4.69) is 6.07 Å². The highest BCUT2D eigenvalue weighted by molar-refractivity contribution is 5.82. The number of nitrogens with zero attached hydrogens (tertiary/aromatic N) is 2. The van der Waals surface area contributed by atoms with Gasteiger partial charge < -0.3 is 14.4 Å². The third-order valence-electron chi connectivity index (χ3n) is 7.30. The number of esters is 1. The Balaban J connectivity index is 1.38. The van der Waals surface area contributed by atoms with Gasteiger partial charge in [0.25, 0.3) is 5.91 Å². The normalized spacial score (nSPS) is 29.1. The first-order chi connectivity index (χ1) is 14.9. The van der Waals surface area contributed by atoms with Crippen molar-refractivity contribution in [3.05, 3.63) is 29.8 Å². The summed E-state index contributed by atoms with van der Waals surface area (Å²) in [5, 5.41) is 9.14. The van der Waals surface area contributed by atoms with E-state index >= 15 is 0 Å². The van der Waals surface area contributed by atoms with Gasteiger partial charge in [-0.05, 0) is 87.8 Å². The van der Waals surface area contributed by atoms with Crippen molar-refractivity contribution < 1.29 is 19.1 Å². The molecule has 0 heterocycles. The quantitative estimate of drug-likeness (QED) is 0.589. The molecule has 4 aliphatic rings. The van der Waals surface area contributed by atoms with Gasteiger partial charge in [-0.1, -0.05) is 12.1 Å². The van der Waals surface area contributed by atoms with Crippen molar-refractivity contribution in [2.24, 2.45) is 17.8 Å². The molecular formula is C25H32N2O4. The second-order valence-corrected chi connectivity index (χ2v) is 9.78. The van der Waals surface area contributed by atoms with E-state index in [-0.39, 0.29) is 18.1 Å². The van der Waals surface area contributed by atoms with Crippen LogP contribution in [-0.2, 0) is 14.3 Å². The molecule has 4 fully saturated rings.